The highest BCUT2D eigenvalue weighted by Crippen LogP contribution is 2.31. The Kier molecular flexibility index (Phi) is 2.24. The van der Waals surface area contributed by atoms with E-state index >= 15 is 0 Å². The molecule has 0 fully saturated rings. The van der Waals surface area contributed by atoms with Crippen LogP contribution < -0.4 is 5.43 Å². The first-order chi connectivity index (χ1) is 6.70. The van der Waals surface area contributed by atoms with Gasteiger partial charge < -0.3 is 0 Å². The third kappa shape index (κ3) is 1.50. The molecule has 0 saturated heterocycles. The molecule has 5 heteroatoms. The zero-order valence-electron chi connectivity index (χ0n) is 6.96. The Morgan fingerprint density at radius 1 is 1.43 bits per heavy atom. The molecule has 0 unspecified atom stereocenters. The van der Waals surface area contributed by atoms with Gasteiger partial charge in [0.25, 0.3) is 0 Å². The molecular formula is C9H5Cl2N3. The van der Waals surface area contributed by atoms with Gasteiger partial charge in [0.2, 0.25) is 0 Å². The van der Waals surface area contributed by atoms with Crippen LogP contribution in [0.15, 0.2) is 24.4 Å². The summed E-state index contributed by atoms with van der Waals surface area (Å²) in [5, 5.41) is 9.46. The number of anilines is 1. The van der Waals surface area contributed by atoms with Crippen LogP contribution in [0.5, 0.6) is 0 Å². The monoisotopic (exact) mass is 225 g/mol. The second kappa shape index (κ2) is 3.41. The van der Waals surface area contributed by atoms with E-state index in [1.54, 1.807) is 18.2 Å². The molecule has 1 heterocycles. The lowest BCUT2D eigenvalue weighted by Crippen LogP contribution is -2.18. The third-order valence-electron chi connectivity index (χ3n) is 1.86. The Balaban J connectivity index is 2.59. The molecule has 1 aliphatic heterocycles. The van der Waals surface area contributed by atoms with Gasteiger partial charge in [-0.2, -0.15) is 5.26 Å². The first-order valence-electron chi connectivity index (χ1n) is 3.84. The zero-order chi connectivity index (χ0) is 10.1. The van der Waals surface area contributed by atoms with Crippen molar-refractivity contribution in [2.45, 2.75) is 0 Å². The zero-order valence-corrected chi connectivity index (χ0v) is 8.47. The van der Waals surface area contributed by atoms with Gasteiger partial charge in [0, 0.05) is 22.4 Å². The summed E-state index contributed by atoms with van der Waals surface area (Å²) in [5.41, 5.74) is 4.87. The first-order valence-corrected chi connectivity index (χ1v) is 4.56. The molecule has 0 spiro atoms. The summed E-state index contributed by atoms with van der Waals surface area (Å²) in [6.45, 7) is 0. The van der Waals surface area contributed by atoms with Gasteiger partial charge >= 0.3 is 0 Å². The van der Waals surface area contributed by atoms with Crippen LogP contribution in [0.1, 0.15) is 5.56 Å². The van der Waals surface area contributed by atoms with E-state index in [1.165, 1.54) is 10.7 Å². The molecule has 0 bridgehead atoms. The van der Waals surface area contributed by atoms with Crippen molar-refractivity contribution in [3.05, 3.63) is 35.0 Å². The highest BCUT2D eigenvalue weighted by molar-refractivity contribution is 6.31. The van der Waals surface area contributed by atoms with Crippen LogP contribution in [0.4, 0.5) is 5.69 Å². The standard InChI is InChI=1S/C9H5Cl2N3/c10-7-1-2-9-8(3-7)6(4-12)5-14(11)13-9/h1-3,5,13H. The lowest BCUT2D eigenvalue weighted by Gasteiger charge is -2.22. The van der Waals surface area contributed by atoms with E-state index in [1.807, 2.05) is 0 Å². The van der Waals surface area contributed by atoms with Crippen LogP contribution in [0, 0.1) is 11.3 Å². The summed E-state index contributed by atoms with van der Waals surface area (Å²) in [6, 6.07) is 7.29. The molecule has 1 N–H and O–H groups in total. The van der Waals surface area contributed by atoms with Crippen molar-refractivity contribution in [1.82, 2.24) is 4.53 Å². The summed E-state index contributed by atoms with van der Waals surface area (Å²) in [5.74, 6) is 0. The number of hydrogen-bond acceptors (Lipinski definition) is 3. The summed E-state index contributed by atoms with van der Waals surface area (Å²) in [6.07, 6.45) is 1.50. The number of rotatable bonds is 0. The van der Waals surface area contributed by atoms with Crippen LogP contribution in [-0.4, -0.2) is 4.53 Å². The Bertz CT molecular complexity index is 448. The fourth-order valence-electron chi connectivity index (χ4n) is 1.26. The number of hydrogen-bond donors (Lipinski definition) is 1. The molecule has 70 valence electrons. The minimum Gasteiger partial charge on any atom is -0.283 e. The lowest BCUT2D eigenvalue weighted by molar-refractivity contribution is 0.726. The van der Waals surface area contributed by atoms with E-state index in [0.29, 0.717) is 10.6 Å². The number of benzene rings is 1. The van der Waals surface area contributed by atoms with E-state index in [0.717, 1.165) is 11.3 Å². The number of allylic oxidation sites excluding steroid dienone is 1. The smallest absolute Gasteiger partial charge is 0.102 e. The maximum atomic E-state index is 8.87. The molecule has 3 nitrogen and oxygen atoms in total. The van der Waals surface area contributed by atoms with E-state index < -0.39 is 0 Å². The van der Waals surface area contributed by atoms with E-state index in [4.69, 9.17) is 28.6 Å². The lowest BCUT2D eigenvalue weighted by atomic mass is 10.1. The van der Waals surface area contributed by atoms with E-state index in [-0.39, 0.29) is 0 Å². The Hall–Kier alpha value is -1.37. The molecule has 2 rings (SSSR count). The SMILES string of the molecule is N#CC1=CN(Cl)Nc2ccc(Cl)cc21. The largest absolute Gasteiger partial charge is 0.283 e. The van der Waals surface area contributed by atoms with Gasteiger partial charge in [0.15, 0.2) is 0 Å². The Labute approximate surface area is 91.2 Å². The fraction of sp³-hybridized carbons (Fsp3) is 0. The quantitative estimate of drug-likeness (QED) is 0.691. The second-order valence-electron chi connectivity index (χ2n) is 2.77. The summed E-state index contributed by atoms with van der Waals surface area (Å²) >= 11 is 11.5. The normalized spacial score (nSPS) is 13.8. The summed E-state index contributed by atoms with van der Waals surface area (Å²) in [4.78, 5) is 0. The van der Waals surface area contributed by atoms with Gasteiger partial charge in [-0.25, -0.2) is 4.53 Å². The molecule has 14 heavy (non-hydrogen) atoms. The topological polar surface area (TPSA) is 39.1 Å². The molecule has 0 aliphatic carbocycles. The van der Waals surface area contributed by atoms with E-state index in [9.17, 15) is 0 Å². The number of nitrogens with one attached hydrogen (secondary N) is 1. The molecule has 0 radical (unpaired) electrons. The van der Waals surface area contributed by atoms with Crippen molar-refractivity contribution < 1.29 is 0 Å². The van der Waals surface area contributed by atoms with Gasteiger partial charge in [0.05, 0.1) is 17.5 Å². The second-order valence-corrected chi connectivity index (χ2v) is 3.57. The number of halogens is 2. The molecule has 0 atom stereocenters. The van der Waals surface area contributed by atoms with Crippen LogP contribution in [0.25, 0.3) is 5.57 Å². The van der Waals surface area contributed by atoms with Crippen LogP contribution in [0.3, 0.4) is 0 Å². The summed E-state index contributed by atoms with van der Waals surface area (Å²) < 4.78 is 1.22. The summed E-state index contributed by atoms with van der Waals surface area (Å²) in [7, 11) is 0. The maximum Gasteiger partial charge on any atom is 0.102 e. The highest BCUT2D eigenvalue weighted by Gasteiger charge is 2.15. The van der Waals surface area contributed by atoms with Gasteiger partial charge in [-0.3, -0.25) is 5.43 Å². The van der Waals surface area contributed by atoms with Crippen molar-refractivity contribution in [2.24, 2.45) is 0 Å². The number of fused-ring (bicyclic) bond motifs is 1. The van der Waals surface area contributed by atoms with Gasteiger partial charge in [-0.05, 0) is 18.2 Å². The number of hydrazine groups is 1. The van der Waals surface area contributed by atoms with Gasteiger partial charge in [0.1, 0.15) is 6.07 Å². The Morgan fingerprint density at radius 2 is 2.21 bits per heavy atom. The predicted octanol–water partition coefficient (Wildman–Crippen LogP) is 3.00. The average Bonchev–Trinajstić information content (AvgIpc) is 2.17. The fourth-order valence-corrected chi connectivity index (χ4v) is 1.62. The molecule has 1 aromatic carbocycles. The minimum atomic E-state index is 0.483. The molecule has 1 aromatic rings. The van der Waals surface area contributed by atoms with Crippen molar-refractivity contribution in [1.29, 1.82) is 5.26 Å². The first kappa shape index (κ1) is 9.20. The predicted molar refractivity (Wildman–Crippen MR) is 56.4 cm³/mol. The van der Waals surface area contributed by atoms with Gasteiger partial charge in [-0.15, -0.1) is 0 Å². The van der Waals surface area contributed by atoms with Crippen LogP contribution in [0.2, 0.25) is 5.02 Å². The van der Waals surface area contributed by atoms with E-state index in [2.05, 4.69) is 11.5 Å². The molecule has 1 aliphatic rings. The van der Waals surface area contributed by atoms with Gasteiger partial charge in [-0.1, -0.05) is 11.6 Å². The molecule has 0 aromatic heterocycles. The van der Waals surface area contributed by atoms with Crippen molar-refractivity contribution in [2.75, 3.05) is 5.43 Å². The van der Waals surface area contributed by atoms with Crippen LogP contribution in [-0.2, 0) is 0 Å². The molecular weight excluding hydrogens is 221 g/mol. The third-order valence-corrected chi connectivity index (χ3v) is 2.28. The molecule has 0 amide bonds. The Morgan fingerprint density at radius 3 is 2.93 bits per heavy atom. The van der Waals surface area contributed by atoms with Crippen LogP contribution >= 0.6 is 23.4 Å². The highest BCUT2D eigenvalue weighted by atomic mass is 35.5. The number of nitrogens with zero attached hydrogens (tertiary/aromatic N) is 2. The minimum absolute atomic E-state index is 0.483. The average molecular weight is 226 g/mol. The van der Waals surface area contributed by atoms with Crippen molar-refractivity contribution in [3.8, 4) is 6.07 Å². The number of nitriles is 1. The molecule has 0 saturated carbocycles. The van der Waals surface area contributed by atoms with Crippen molar-refractivity contribution >= 4 is 34.6 Å². The maximum absolute atomic E-state index is 8.87. The van der Waals surface area contributed by atoms with Crippen molar-refractivity contribution in [3.63, 3.8) is 0 Å².